The monoisotopic (exact) mass is 292 g/mol. The molecule has 2 N–H and O–H groups in total. The Labute approximate surface area is 125 Å². The average Bonchev–Trinajstić information content (AvgIpc) is 2.46. The Hall–Kier alpha value is -1.16. The van der Waals surface area contributed by atoms with Gasteiger partial charge in [-0.3, -0.25) is 4.79 Å². The number of hydrogen-bond acceptors (Lipinski definition) is 3. The van der Waals surface area contributed by atoms with Crippen LogP contribution >= 0.6 is 11.8 Å². The predicted octanol–water partition coefficient (Wildman–Crippen LogP) is 2.80. The number of para-hydroxylation sites is 1. The van der Waals surface area contributed by atoms with Gasteiger partial charge in [-0.1, -0.05) is 32.0 Å². The van der Waals surface area contributed by atoms with E-state index in [0.717, 1.165) is 36.5 Å². The number of benzene rings is 1. The minimum absolute atomic E-state index is 0.263. The summed E-state index contributed by atoms with van der Waals surface area (Å²) in [4.78, 5) is 14.4. The molecule has 0 spiro atoms. The Bertz CT molecular complexity index is 462. The Morgan fingerprint density at radius 1 is 1.45 bits per heavy atom. The van der Waals surface area contributed by atoms with Crippen LogP contribution in [0.1, 0.15) is 25.8 Å². The Kier molecular flexibility index (Phi) is 5.35. The summed E-state index contributed by atoms with van der Waals surface area (Å²) in [5.74, 6) is 1.95. The summed E-state index contributed by atoms with van der Waals surface area (Å²) in [5.41, 5.74) is 7.78. The van der Waals surface area contributed by atoms with E-state index in [4.69, 9.17) is 5.73 Å². The molecule has 2 rings (SSSR count). The van der Waals surface area contributed by atoms with Crippen LogP contribution in [0.25, 0.3) is 0 Å². The number of nitrogen functional groups attached to an aromatic ring is 1. The number of nitrogens with two attached hydrogens (primary N) is 1. The minimum atomic E-state index is 0.263. The molecule has 0 aromatic heterocycles. The first kappa shape index (κ1) is 15.2. The molecular formula is C16H24N2OS. The first-order chi connectivity index (χ1) is 9.58. The quantitative estimate of drug-likeness (QED) is 0.868. The third-order valence-electron chi connectivity index (χ3n) is 3.85. The van der Waals surface area contributed by atoms with Gasteiger partial charge >= 0.3 is 0 Å². The summed E-state index contributed by atoms with van der Waals surface area (Å²) in [6, 6.07) is 7.80. The molecular weight excluding hydrogens is 268 g/mol. The van der Waals surface area contributed by atoms with Crippen LogP contribution in [0.15, 0.2) is 24.3 Å². The van der Waals surface area contributed by atoms with E-state index >= 15 is 0 Å². The number of carbonyl (C=O) groups is 1. The lowest BCUT2D eigenvalue weighted by Gasteiger charge is -2.34. The number of rotatable bonds is 4. The van der Waals surface area contributed by atoms with Crippen molar-refractivity contribution in [2.45, 2.75) is 31.9 Å². The van der Waals surface area contributed by atoms with E-state index in [9.17, 15) is 4.79 Å². The first-order valence-corrected chi connectivity index (χ1v) is 8.35. The highest BCUT2D eigenvalue weighted by molar-refractivity contribution is 8.00. The molecule has 1 saturated heterocycles. The van der Waals surface area contributed by atoms with E-state index in [1.165, 1.54) is 0 Å². The van der Waals surface area contributed by atoms with E-state index < -0.39 is 0 Å². The fraction of sp³-hybridized carbons (Fsp3) is 0.562. The molecule has 1 fully saturated rings. The maximum absolute atomic E-state index is 12.3. The highest BCUT2D eigenvalue weighted by Crippen LogP contribution is 2.25. The van der Waals surface area contributed by atoms with Crippen LogP contribution in [-0.4, -0.2) is 34.9 Å². The molecule has 20 heavy (non-hydrogen) atoms. The molecule has 3 nitrogen and oxygen atoms in total. The van der Waals surface area contributed by atoms with Crippen LogP contribution in [0.5, 0.6) is 0 Å². The van der Waals surface area contributed by atoms with E-state index in [1.807, 2.05) is 40.9 Å². The van der Waals surface area contributed by atoms with E-state index in [2.05, 4.69) is 13.8 Å². The largest absolute Gasteiger partial charge is 0.399 e. The topological polar surface area (TPSA) is 46.3 Å². The van der Waals surface area contributed by atoms with Gasteiger partial charge in [0.05, 0.1) is 0 Å². The van der Waals surface area contributed by atoms with Gasteiger partial charge in [0.15, 0.2) is 0 Å². The highest BCUT2D eigenvalue weighted by Gasteiger charge is 2.25. The summed E-state index contributed by atoms with van der Waals surface area (Å²) >= 11 is 2.00. The summed E-state index contributed by atoms with van der Waals surface area (Å²) in [6.45, 7) is 6.25. The number of nitrogens with zero attached hydrogens (tertiary/aromatic N) is 1. The van der Waals surface area contributed by atoms with Gasteiger partial charge in [0.25, 0.3) is 0 Å². The molecule has 0 saturated carbocycles. The molecule has 0 bridgehead atoms. The summed E-state index contributed by atoms with van der Waals surface area (Å²) < 4.78 is 0. The van der Waals surface area contributed by atoms with E-state index in [1.54, 1.807) is 0 Å². The molecule has 0 radical (unpaired) electrons. The van der Waals surface area contributed by atoms with Gasteiger partial charge in [0, 0.05) is 36.2 Å². The Balaban J connectivity index is 1.87. The van der Waals surface area contributed by atoms with Gasteiger partial charge in [-0.15, -0.1) is 0 Å². The van der Waals surface area contributed by atoms with Crippen molar-refractivity contribution >= 4 is 23.4 Å². The zero-order valence-corrected chi connectivity index (χ0v) is 13.2. The van der Waals surface area contributed by atoms with Gasteiger partial charge in [-0.25, -0.2) is 0 Å². The SMILES string of the molecule is CC(C)C1CN(C(=O)CCc2ccccc2N)CCS1. The molecule has 1 aliphatic rings. The Morgan fingerprint density at radius 2 is 2.20 bits per heavy atom. The van der Waals surface area contributed by atoms with Crippen LogP contribution in [0.4, 0.5) is 5.69 Å². The number of carbonyl (C=O) groups excluding carboxylic acids is 1. The van der Waals surface area contributed by atoms with E-state index in [-0.39, 0.29) is 5.91 Å². The smallest absolute Gasteiger partial charge is 0.222 e. The maximum atomic E-state index is 12.3. The lowest BCUT2D eigenvalue weighted by atomic mass is 10.1. The third-order valence-corrected chi connectivity index (χ3v) is 5.39. The van der Waals surface area contributed by atoms with Crippen molar-refractivity contribution in [3.63, 3.8) is 0 Å². The molecule has 1 heterocycles. The molecule has 110 valence electrons. The lowest BCUT2D eigenvalue weighted by Crippen LogP contribution is -2.43. The third kappa shape index (κ3) is 3.92. The van der Waals surface area contributed by atoms with Crippen LogP contribution in [0.2, 0.25) is 0 Å². The van der Waals surface area contributed by atoms with Crippen molar-refractivity contribution in [2.24, 2.45) is 5.92 Å². The summed E-state index contributed by atoms with van der Waals surface area (Å²) in [6.07, 6.45) is 1.30. The standard InChI is InChI=1S/C16H24N2OS/c1-12(2)15-11-18(9-10-20-15)16(19)8-7-13-5-3-4-6-14(13)17/h3-6,12,15H,7-11,17H2,1-2H3. The summed E-state index contributed by atoms with van der Waals surface area (Å²) in [5, 5.41) is 0.578. The average molecular weight is 292 g/mol. The first-order valence-electron chi connectivity index (χ1n) is 7.30. The van der Waals surface area contributed by atoms with Gasteiger partial charge in [0.2, 0.25) is 5.91 Å². The second kappa shape index (κ2) is 7.02. The van der Waals surface area contributed by atoms with Crippen molar-refractivity contribution in [1.82, 2.24) is 4.90 Å². The van der Waals surface area contributed by atoms with Crippen molar-refractivity contribution in [3.8, 4) is 0 Å². The fourth-order valence-corrected chi connectivity index (χ4v) is 3.77. The number of amides is 1. The summed E-state index contributed by atoms with van der Waals surface area (Å²) in [7, 11) is 0. The molecule has 1 unspecified atom stereocenters. The van der Waals surface area contributed by atoms with Crippen LogP contribution in [-0.2, 0) is 11.2 Å². The molecule has 1 aliphatic heterocycles. The van der Waals surface area contributed by atoms with E-state index in [0.29, 0.717) is 17.6 Å². The van der Waals surface area contributed by atoms with Crippen LogP contribution < -0.4 is 5.73 Å². The lowest BCUT2D eigenvalue weighted by molar-refractivity contribution is -0.131. The second-order valence-electron chi connectivity index (χ2n) is 5.69. The van der Waals surface area contributed by atoms with Crippen molar-refractivity contribution < 1.29 is 4.79 Å². The zero-order chi connectivity index (χ0) is 14.5. The number of aryl methyl sites for hydroxylation is 1. The number of anilines is 1. The predicted molar refractivity (Wildman–Crippen MR) is 86.8 cm³/mol. The molecule has 0 aliphatic carbocycles. The number of thioether (sulfide) groups is 1. The second-order valence-corrected chi connectivity index (χ2v) is 7.04. The van der Waals surface area contributed by atoms with Crippen molar-refractivity contribution in [2.75, 3.05) is 24.6 Å². The molecule has 1 aromatic rings. The van der Waals surface area contributed by atoms with Crippen molar-refractivity contribution in [1.29, 1.82) is 0 Å². The van der Waals surface area contributed by atoms with Gasteiger partial charge in [-0.2, -0.15) is 11.8 Å². The normalized spacial score (nSPS) is 19.4. The number of hydrogen-bond donors (Lipinski definition) is 1. The van der Waals surface area contributed by atoms with Crippen LogP contribution in [0, 0.1) is 5.92 Å². The van der Waals surface area contributed by atoms with Gasteiger partial charge in [-0.05, 0) is 24.0 Å². The molecule has 1 atom stereocenters. The van der Waals surface area contributed by atoms with Gasteiger partial charge in [0.1, 0.15) is 0 Å². The highest BCUT2D eigenvalue weighted by atomic mass is 32.2. The molecule has 1 aromatic carbocycles. The molecule has 1 amide bonds. The van der Waals surface area contributed by atoms with Gasteiger partial charge < -0.3 is 10.6 Å². The zero-order valence-electron chi connectivity index (χ0n) is 12.3. The fourth-order valence-electron chi connectivity index (χ4n) is 2.47. The Morgan fingerprint density at radius 3 is 2.90 bits per heavy atom. The maximum Gasteiger partial charge on any atom is 0.222 e. The van der Waals surface area contributed by atoms with Crippen LogP contribution in [0.3, 0.4) is 0 Å². The van der Waals surface area contributed by atoms with Crippen molar-refractivity contribution in [3.05, 3.63) is 29.8 Å². The molecule has 4 heteroatoms. The minimum Gasteiger partial charge on any atom is -0.399 e.